The van der Waals surface area contributed by atoms with Gasteiger partial charge in [0.2, 0.25) is 0 Å². The van der Waals surface area contributed by atoms with Crippen LogP contribution in [0.4, 0.5) is 34.1 Å². The van der Waals surface area contributed by atoms with E-state index in [1.54, 1.807) is 12.1 Å². The SMILES string of the molecule is Nc1ccc(Oc2ccc(Nc3ccc(Nc4ccccc4)cc3)cc2)c([NH3+])c1. The van der Waals surface area contributed by atoms with Gasteiger partial charge in [0.1, 0.15) is 5.75 Å². The molecule has 5 nitrogen and oxygen atoms in total. The number of nitrogen functional groups attached to an aromatic ring is 1. The van der Waals surface area contributed by atoms with E-state index in [0.29, 0.717) is 11.4 Å². The molecule has 7 N–H and O–H groups in total. The van der Waals surface area contributed by atoms with Crippen LogP contribution in [0.2, 0.25) is 0 Å². The summed E-state index contributed by atoms with van der Waals surface area (Å²) in [6.07, 6.45) is 0. The van der Waals surface area contributed by atoms with Crippen molar-refractivity contribution in [3.05, 3.63) is 97.1 Å². The van der Waals surface area contributed by atoms with Gasteiger partial charge < -0.3 is 26.8 Å². The molecule has 0 fully saturated rings. The Morgan fingerprint density at radius 3 is 1.69 bits per heavy atom. The van der Waals surface area contributed by atoms with Crippen molar-refractivity contribution in [2.24, 2.45) is 0 Å². The number of rotatable bonds is 6. The average molecular weight is 383 g/mol. The zero-order valence-electron chi connectivity index (χ0n) is 15.9. The summed E-state index contributed by atoms with van der Waals surface area (Å²) in [6, 6.07) is 31.5. The van der Waals surface area contributed by atoms with Crippen molar-refractivity contribution in [2.75, 3.05) is 16.4 Å². The van der Waals surface area contributed by atoms with Crippen molar-refractivity contribution in [1.29, 1.82) is 0 Å². The third-order valence-corrected chi connectivity index (χ3v) is 4.40. The molecule has 5 heteroatoms. The molecule has 0 bridgehead atoms. The highest BCUT2D eigenvalue weighted by Gasteiger charge is 2.06. The summed E-state index contributed by atoms with van der Waals surface area (Å²) >= 11 is 0. The monoisotopic (exact) mass is 383 g/mol. The predicted molar refractivity (Wildman–Crippen MR) is 119 cm³/mol. The number of hydrogen-bond donors (Lipinski definition) is 4. The maximum absolute atomic E-state index is 5.89. The van der Waals surface area contributed by atoms with Crippen LogP contribution < -0.4 is 26.8 Å². The fraction of sp³-hybridized carbons (Fsp3) is 0. The first kappa shape index (κ1) is 18.4. The zero-order chi connectivity index (χ0) is 20.1. The predicted octanol–water partition coefficient (Wildman–Crippen LogP) is 5.42. The smallest absolute Gasteiger partial charge is 0.187 e. The molecule has 0 saturated carbocycles. The van der Waals surface area contributed by atoms with Crippen LogP contribution in [0.1, 0.15) is 0 Å². The van der Waals surface area contributed by atoms with Gasteiger partial charge in [0.25, 0.3) is 0 Å². The molecule has 0 aliphatic rings. The lowest BCUT2D eigenvalue weighted by atomic mass is 10.2. The van der Waals surface area contributed by atoms with E-state index in [0.717, 1.165) is 34.2 Å². The van der Waals surface area contributed by atoms with Gasteiger partial charge in [0, 0.05) is 34.5 Å². The maximum Gasteiger partial charge on any atom is 0.187 e. The van der Waals surface area contributed by atoms with Gasteiger partial charge in [-0.25, -0.2) is 0 Å². The van der Waals surface area contributed by atoms with E-state index < -0.39 is 0 Å². The van der Waals surface area contributed by atoms with Gasteiger partial charge >= 0.3 is 0 Å². The number of hydrogen-bond acceptors (Lipinski definition) is 4. The second-order valence-corrected chi connectivity index (χ2v) is 6.69. The van der Waals surface area contributed by atoms with Crippen molar-refractivity contribution in [3.8, 4) is 11.5 Å². The van der Waals surface area contributed by atoms with Crippen molar-refractivity contribution in [1.82, 2.24) is 0 Å². The first-order valence-corrected chi connectivity index (χ1v) is 9.34. The number of ether oxygens (including phenoxy) is 1. The summed E-state index contributed by atoms with van der Waals surface area (Å²) < 4.78 is 5.89. The highest BCUT2D eigenvalue weighted by atomic mass is 16.5. The molecule has 0 saturated heterocycles. The highest BCUT2D eigenvalue weighted by Crippen LogP contribution is 2.29. The number of quaternary nitrogens is 1. The quantitative estimate of drug-likeness (QED) is 0.335. The molecule has 0 atom stereocenters. The van der Waals surface area contributed by atoms with Gasteiger partial charge in [-0.2, -0.15) is 0 Å². The maximum atomic E-state index is 5.89. The average Bonchev–Trinajstić information content (AvgIpc) is 2.74. The summed E-state index contributed by atoms with van der Waals surface area (Å²) in [5, 5.41) is 6.77. The summed E-state index contributed by atoms with van der Waals surface area (Å²) in [5.41, 5.74) is 15.2. The Morgan fingerprint density at radius 2 is 1.14 bits per heavy atom. The summed E-state index contributed by atoms with van der Waals surface area (Å²) in [4.78, 5) is 0. The van der Waals surface area contributed by atoms with E-state index in [2.05, 4.69) is 16.4 Å². The van der Waals surface area contributed by atoms with Crippen LogP contribution in [0.5, 0.6) is 11.5 Å². The fourth-order valence-corrected chi connectivity index (χ4v) is 2.92. The Balaban J connectivity index is 1.38. The summed E-state index contributed by atoms with van der Waals surface area (Å²) in [6.45, 7) is 0. The Hall–Kier alpha value is -3.96. The minimum Gasteiger partial charge on any atom is -0.451 e. The van der Waals surface area contributed by atoms with Crippen LogP contribution in [0.25, 0.3) is 0 Å². The first-order chi connectivity index (χ1) is 14.2. The van der Waals surface area contributed by atoms with E-state index >= 15 is 0 Å². The zero-order valence-corrected chi connectivity index (χ0v) is 15.9. The Morgan fingerprint density at radius 1 is 0.621 bits per heavy atom. The molecule has 4 rings (SSSR count). The van der Waals surface area contributed by atoms with Crippen LogP contribution in [0.15, 0.2) is 97.1 Å². The number of para-hydroxylation sites is 1. The third-order valence-electron chi connectivity index (χ3n) is 4.40. The van der Waals surface area contributed by atoms with Gasteiger partial charge in [0.05, 0.1) is 0 Å². The van der Waals surface area contributed by atoms with E-state index in [4.69, 9.17) is 10.5 Å². The van der Waals surface area contributed by atoms with Crippen molar-refractivity contribution < 1.29 is 10.5 Å². The van der Waals surface area contributed by atoms with Crippen molar-refractivity contribution in [3.63, 3.8) is 0 Å². The highest BCUT2D eigenvalue weighted by molar-refractivity contribution is 5.66. The van der Waals surface area contributed by atoms with Crippen LogP contribution in [-0.2, 0) is 0 Å². The number of benzene rings is 4. The second-order valence-electron chi connectivity index (χ2n) is 6.69. The Kier molecular flexibility index (Phi) is 5.31. The summed E-state index contributed by atoms with van der Waals surface area (Å²) in [7, 11) is 0. The minimum absolute atomic E-state index is 0.673. The molecule has 0 aliphatic heterocycles. The molecule has 0 spiro atoms. The normalized spacial score (nSPS) is 10.4. The fourth-order valence-electron chi connectivity index (χ4n) is 2.92. The molecule has 0 aromatic heterocycles. The van der Waals surface area contributed by atoms with Gasteiger partial charge in [-0.3, -0.25) is 0 Å². The van der Waals surface area contributed by atoms with Gasteiger partial charge in [-0.15, -0.1) is 0 Å². The van der Waals surface area contributed by atoms with E-state index in [9.17, 15) is 0 Å². The molecule has 0 radical (unpaired) electrons. The topological polar surface area (TPSA) is 87.0 Å². The lowest BCUT2D eigenvalue weighted by Gasteiger charge is -2.11. The van der Waals surface area contributed by atoms with Crippen molar-refractivity contribution in [2.45, 2.75) is 0 Å². The van der Waals surface area contributed by atoms with Crippen LogP contribution in [-0.4, -0.2) is 0 Å². The lowest BCUT2D eigenvalue weighted by molar-refractivity contribution is -0.256. The molecule has 29 heavy (non-hydrogen) atoms. The Labute approximate surface area is 169 Å². The molecule has 144 valence electrons. The number of nitrogens with two attached hydrogens (primary N) is 1. The number of nitrogens with one attached hydrogen (secondary N) is 2. The molecule has 0 heterocycles. The van der Waals surface area contributed by atoms with Crippen molar-refractivity contribution >= 4 is 34.1 Å². The largest absolute Gasteiger partial charge is 0.451 e. The van der Waals surface area contributed by atoms with Gasteiger partial charge in [-0.1, -0.05) is 18.2 Å². The molecule has 4 aromatic rings. The molecule has 0 aliphatic carbocycles. The standard InChI is InChI=1S/C24H22N4O/c25-17-6-15-24(23(26)16-17)29-22-13-11-21(12-14-22)28-20-9-7-19(8-10-20)27-18-4-2-1-3-5-18/h1-16,27-28H,25-26H2/p+1. The lowest BCUT2D eigenvalue weighted by Crippen LogP contribution is -2.40. The molecule has 0 unspecified atom stereocenters. The van der Waals surface area contributed by atoms with E-state index in [-0.39, 0.29) is 0 Å². The third kappa shape index (κ3) is 4.86. The molecule has 4 aromatic carbocycles. The Bertz CT molecular complexity index is 1080. The van der Waals surface area contributed by atoms with Crippen LogP contribution in [0, 0.1) is 0 Å². The molecule has 0 amide bonds. The van der Waals surface area contributed by atoms with Gasteiger partial charge in [0.15, 0.2) is 11.4 Å². The molecular formula is C24H23N4O+. The van der Waals surface area contributed by atoms with Crippen LogP contribution in [0.3, 0.4) is 0 Å². The van der Waals surface area contributed by atoms with Crippen LogP contribution >= 0.6 is 0 Å². The first-order valence-electron chi connectivity index (χ1n) is 9.34. The number of anilines is 5. The second kappa shape index (κ2) is 8.37. The minimum atomic E-state index is 0.673. The molecular weight excluding hydrogens is 360 g/mol. The van der Waals surface area contributed by atoms with E-state index in [1.165, 1.54) is 0 Å². The summed E-state index contributed by atoms with van der Waals surface area (Å²) in [5.74, 6) is 1.44. The van der Waals surface area contributed by atoms with Gasteiger partial charge in [-0.05, 0) is 72.8 Å². The van der Waals surface area contributed by atoms with E-state index in [1.807, 2.05) is 84.9 Å².